The summed E-state index contributed by atoms with van der Waals surface area (Å²) in [5, 5.41) is 5.61. The lowest BCUT2D eigenvalue weighted by molar-refractivity contribution is -0.142. The van der Waals surface area contributed by atoms with Gasteiger partial charge in [0.25, 0.3) is 0 Å². The molecule has 3 nitrogen and oxygen atoms in total. The predicted octanol–water partition coefficient (Wildman–Crippen LogP) is 3.74. The predicted molar refractivity (Wildman–Crippen MR) is 78.2 cm³/mol. The number of amides is 1. The summed E-state index contributed by atoms with van der Waals surface area (Å²) < 4.78 is 13.3. The molecule has 1 aromatic carbocycles. The quantitative estimate of drug-likeness (QED) is 0.779. The van der Waals surface area contributed by atoms with Crippen LogP contribution in [0.25, 0.3) is 0 Å². The van der Waals surface area contributed by atoms with Gasteiger partial charge in [-0.1, -0.05) is 19.1 Å². The average molecular weight is 297 g/mol. The number of benzene rings is 1. The Morgan fingerprint density at radius 2 is 2.35 bits per heavy atom. The van der Waals surface area contributed by atoms with Crippen LogP contribution in [0.15, 0.2) is 29.4 Å². The van der Waals surface area contributed by atoms with Crippen LogP contribution >= 0.6 is 11.6 Å². The van der Waals surface area contributed by atoms with Crippen molar-refractivity contribution in [2.45, 2.75) is 32.7 Å². The number of hydrogen-bond acceptors (Lipinski definition) is 2. The largest absolute Gasteiger partial charge is 0.272 e. The molecule has 0 bridgehead atoms. The molecule has 0 spiro atoms. The summed E-state index contributed by atoms with van der Waals surface area (Å²) in [5.41, 5.74) is 0.110. The van der Waals surface area contributed by atoms with Crippen LogP contribution in [0.2, 0.25) is 0 Å². The Morgan fingerprint density at radius 1 is 1.60 bits per heavy atom. The Labute approximate surface area is 123 Å². The molecule has 108 valence electrons. The lowest BCUT2D eigenvalue weighted by atomic mass is 9.88. The molecule has 0 saturated carbocycles. The lowest BCUT2D eigenvalue weighted by Gasteiger charge is -2.31. The molecule has 0 saturated heterocycles. The SMILES string of the molecule is CCC(C)(CCl)C(=O)N1N=CCC1c1cccc(F)c1. The fourth-order valence-electron chi connectivity index (χ4n) is 2.18. The van der Waals surface area contributed by atoms with E-state index in [9.17, 15) is 9.18 Å². The third-order valence-electron chi connectivity index (χ3n) is 3.86. The summed E-state index contributed by atoms with van der Waals surface area (Å²) in [6.45, 7) is 3.76. The van der Waals surface area contributed by atoms with Crippen LogP contribution in [0.1, 0.15) is 38.3 Å². The molecule has 2 rings (SSSR count). The molecule has 1 aliphatic heterocycles. The summed E-state index contributed by atoms with van der Waals surface area (Å²) in [6, 6.07) is 6.05. The number of carbonyl (C=O) groups is 1. The highest BCUT2D eigenvalue weighted by molar-refractivity contribution is 6.19. The van der Waals surface area contributed by atoms with E-state index < -0.39 is 5.41 Å². The van der Waals surface area contributed by atoms with Gasteiger partial charge in [0.05, 0.1) is 11.5 Å². The van der Waals surface area contributed by atoms with Gasteiger partial charge >= 0.3 is 0 Å². The topological polar surface area (TPSA) is 32.7 Å². The fraction of sp³-hybridized carbons (Fsp3) is 0.467. The molecule has 0 fully saturated rings. The zero-order valence-electron chi connectivity index (χ0n) is 11.6. The summed E-state index contributed by atoms with van der Waals surface area (Å²) in [6.07, 6.45) is 2.92. The molecule has 5 heteroatoms. The smallest absolute Gasteiger partial charge is 0.250 e. The van der Waals surface area contributed by atoms with E-state index >= 15 is 0 Å². The van der Waals surface area contributed by atoms with Gasteiger partial charge in [0.1, 0.15) is 5.82 Å². The molecular formula is C15H18ClFN2O. The number of rotatable bonds is 4. The Hall–Kier alpha value is -1.42. The van der Waals surface area contributed by atoms with Crippen molar-refractivity contribution in [1.29, 1.82) is 0 Å². The number of nitrogens with zero attached hydrogens (tertiary/aromatic N) is 2. The molecule has 2 unspecified atom stereocenters. The molecule has 1 aromatic rings. The third kappa shape index (κ3) is 2.70. The van der Waals surface area contributed by atoms with Crippen molar-refractivity contribution < 1.29 is 9.18 Å². The highest BCUT2D eigenvalue weighted by Gasteiger charge is 2.39. The minimum Gasteiger partial charge on any atom is -0.272 e. The molecular weight excluding hydrogens is 279 g/mol. The van der Waals surface area contributed by atoms with E-state index in [1.807, 2.05) is 19.9 Å². The van der Waals surface area contributed by atoms with Gasteiger partial charge < -0.3 is 0 Å². The Balaban J connectivity index is 2.27. The van der Waals surface area contributed by atoms with Crippen LogP contribution < -0.4 is 0 Å². The number of carbonyl (C=O) groups excluding carboxylic acids is 1. The van der Waals surface area contributed by atoms with E-state index in [0.29, 0.717) is 12.8 Å². The van der Waals surface area contributed by atoms with Gasteiger partial charge in [-0.3, -0.25) is 4.79 Å². The van der Waals surface area contributed by atoms with Crippen molar-refractivity contribution in [3.8, 4) is 0 Å². The first-order chi connectivity index (χ1) is 9.51. The van der Waals surface area contributed by atoms with E-state index in [1.54, 1.807) is 12.3 Å². The second kappa shape index (κ2) is 5.92. The lowest BCUT2D eigenvalue weighted by Crippen LogP contribution is -2.40. The third-order valence-corrected chi connectivity index (χ3v) is 4.45. The molecule has 1 aliphatic rings. The maximum absolute atomic E-state index is 13.3. The van der Waals surface area contributed by atoms with E-state index in [2.05, 4.69) is 5.10 Å². The highest BCUT2D eigenvalue weighted by Crippen LogP contribution is 2.34. The molecule has 0 aliphatic carbocycles. The van der Waals surface area contributed by atoms with Crippen molar-refractivity contribution in [2.75, 3.05) is 5.88 Å². The van der Waals surface area contributed by atoms with Gasteiger partial charge in [-0.15, -0.1) is 11.6 Å². The first-order valence-electron chi connectivity index (χ1n) is 6.69. The second-order valence-corrected chi connectivity index (χ2v) is 5.57. The normalized spacial score (nSPS) is 21.0. The fourth-order valence-corrected chi connectivity index (χ4v) is 2.48. The number of hydrogen-bond donors (Lipinski definition) is 0. The molecule has 0 N–H and O–H groups in total. The van der Waals surface area contributed by atoms with Crippen LogP contribution in [0.5, 0.6) is 0 Å². The maximum Gasteiger partial charge on any atom is 0.250 e. The Morgan fingerprint density at radius 3 is 2.95 bits per heavy atom. The first-order valence-corrected chi connectivity index (χ1v) is 7.23. The first kappa shape index (κ1) is 15.0. The van der Waals surface area contributed by atoms with Crippen molar-refractivity contribution >= 4 is 23.7 Å². The monoisotopic (exact) mass is 296 g/mol. The van der Waals surface area contributed by atoms with Gasteiger partial charge in [-0.25, -0.2) is 9.40 Å². The Bertz CT molecular complexity index is 528. The minimum atomic E-state index is -0.644. The summed E-state index contributed by atoms with van der Waals surface area (Å²) in [5.74, 6) is -0.181. The number of halogens is 2. The van der Waals surface area contributed by atoms with E-state index in [-0.39, 0.29) is 23.6 Å². The number of hydrazone groups is 1. The van der Waals surface area contributed by atoms with E-state index in [1.165, 1.54) is 17.1 Å². The summed E-state index contributed by atoms with van der Waals surface area (Å²) in [7, 11) is 0. The van der Waals surface area contributed by atoms with Crippen LogP contribution in [0.3, 0.4) is 0 Å². The summed E-state index contributed by atoms with van der Waals surface area (Å²) in [4.78, 5) is 12.6. The maximum atomic E-state index is 13.3. The van der Waals surface area contributed by atoms with Gasteiger partial charge in [0.2, 0.25) is 5.91 Å². The molecule has 20 heavy (non-hydrogen) atoms. The second-order valence-electron chi connectivity index (χ2n) is 5.30. The van der Waals surface area contributed by atoms with Crippen LogP contribution in [0.4, 0.5) is 4.39 Å². The van der Waals surface area contributed by atoms with Gasteiger partial charge in [-0.05, 0) is 31.0 Å². The number of alkyl halides is 1. The van der Waals surface area contributed by atoms with Crippen LogP contribution in [0, 0.1) is 11.2 Å². The minimum absolute atomic E-state index is 0.113. The van der Waals surface area contributed by atoms with Crippen molar-refractivity contribution in [3.05, 3.63) is 35.6 Å². The Kier molecular flexibility index (Phi) is 4.43. The van der Waals surface area contributed by atoms with E-state index in [4.69, 9.17) is 11.6 Å². The summed E-state index contributed by atoms with van der Waals surface area (Å²) >= 11 is 5.94. The van der Waals surface area contributed by atoms with Crippen LogP contribution in [-0.2, 0) is 4.79 Å². The van der Waals surface area contributed by atoms with Crippen molar-refractivity contribution in [1.82, 2.24) is 5.01 Å². The molecule has 1 heterocycles. The van der Waals surface area contributed by atoms with E-state index in [0.717, 1.165) is 5.56 Å². The zero-order chi connectivity index (χ0) is 14.8. The van der Waals surface area contributed by atoms with Gasteiger partial charge in [-0.2, -0.15) is 5.10 Å². The van der Waals surface area contributed by atoms with Gasteiger partial charge in [0, 0.05) is 18.5 Å². The molecule has 2 atom stereocenters. The zero-order valence-corrected chi connectivity index (χ0v) is 12.4. The highest BCUT2D eigenvalue weighted by atomic mass is 35.5. The van der Waals surface area contributed by atoms with Crippen molar-refractivity contribution in [3.63, 3.8) is 0 Å². The molecule has 0 radical (unpaired) electrons. The van der Waals surface area contributed by atoms with Crippen molar-refractivity contribution in [2.24, 2.45) is 10.5 Å². The van der Waals surface area contributed by atoms with Crippen LogP contribution in [-0.4, -0.2) is 23.0 Å². The average Bonchev–Trinajstić information content (AvgIpc) is 2.95. The molecule has 0 aromatic heterocycles. The standard InChI is InChI=1S/C15H18ClFN2O/c1-3-15(2,10-16)14(20)19-13(7-8-18-19)11-5-4-6-12(17)9-11/h4-6,8-9,13H,3,7,10H2,1-2H3. The molecule has 1 amide bonds. The van der Waals surface area contributed by atoms with Gasteiger partial charge in [0.15, 0.2) is 0 Å².